The number of ether oxygens (including phenoxy) is 1. The van der Waals surface area contributed by atoms with Crippen LogP contribution >= 0.6 is 0 Å². The summed E-state index contributed by atoms with van der Waals surface area (Å²) in [6.07, 6.45) is 4.14. The Morgan fingerprint density at radius 2 is 2.00 bits per heavy atom. The average Bonchev–Trinajstić information content (AvgIpc) is 2.84. The molecule has 0 aromatic rings. The lowest BCUT2D eigenvalue weighted by atomic mass is 9.82. The minimum atomic E-state index is -0.990. The number of fused-ring (bicyclic) bond motifs is 2. The summed E-state index contributed by atoms with van der Waals surface area (Å²) in [7, 11) is 0. The van der Waals surface area contributed by atoms with E-state index in [9.17, 15) is 9.59 Å². The molecule has 2 bridgehead atoms. The summed E-state index contributed by atoms with van der Waals surface area (Å²) < 4.78 is 5.38. The first kappa shape index (κ1) is 10.9. The third-order valence-corrected chi connectivity index (χ3v) is 2.91. The van der Waals surface area contributed by atoms with E-state index in [1.165, 1.54) is 0 Å². The molecule has 1 fully saturated rings. The highest BCUT2D eigenvalue weighted by molar-refractivity contribution is 5.87. The molecule has 0 aromatic heterocycles. The van der Waals surface area contributed by atoms with Crippen molar-refractivity contribution in [2.75, 3.05) is 6.54 Å². The van der Waals surface area contributed by atoms with Gasteiger partial charge in [-0.15, -0.1) is 6.58 Å². The van der Waals surface area contributed by atoms with Gasteiger partial charge in [-0.1, -0.05) is 18.2 Å². The Balaban J connectivity index is 2.13. The molecule has 0 aliphatic carbocycles. The van der Waals surface area contributed by atoms with Crippen molar-refractivity contribution in [3.8, 4) is 0 Å². The van der Waals surface area contributed by atoms with E-state index in [0.717, 1.165) is 0 Å². The molecule has 16 heavy (non-hydrogen) atoms. The number of carboxylic acid groups (broad SMARTS) is 1. The molecule has 86 valence electrons. The first-order valence-corrected chi connectivity index (χ1v) is 5.10. The second kappa shape index (κ2) is 4.09. The fraction of sp³-hybridized carbons (Fsp3) is 0.455. The number of hydrogen-bond donors (Lipinski definition) is 2. The highest BCUT2D eigenvalue weighted by Crippen LogP contribution is 2.39. The Bertz CT molecular complexity index is 363. The quantitative estimate of drug-likeness (QED) is 0.655. The van der Waals surface area contributed by atoms with Gasteiger partial charge in [-0.25, -0.2) is 0 Å². The largest absolute Gasteiger partial charge is 0.481 e. The predicted molar refractivity (Wildman–Crippen MR) is 55.6 cm³/mol. The number of hydrogen-bond acceptors (Lipinski definition) is 3. The van der Waals surface area contributed by atoms with Crippen LogP contribution in [0.3, 0.4) is 0 Å². The van der Waals surface area contributed by atoms with Crippen molar-refractivity contribution >= 4 is 11.9 Å². The zero-order valence-corrected chi connectivity index (χ0v) is 8.63. The first-order chi connectivity index (χ1) is 7.65. The van der Waals surface area contributed by atoms with Crippen LogP contribution in [0, 0.1) is 11.8 Å². The summed E-state index contributed by atoms with van der Waals surface area (Å²) in [5.74, 6) is -2.69. The monoisotopic (exact) mass is 223 g/mol. The maximum atomic E-state index is 11.8. The van der Waals surface area contributed by atoms with E-state index in [1.54, 1.807) is 18.2 Å². The summed E-state index contributed by atoms with van der Waals surface area (Å²) in [4.78, 5) is 22.8. The van der Waals surface area contributed by atoms with Gasteiger partial charge >= 0.3 is 5.97 Å². The van der Waals surface area contributed by atoms with Gasteiger partial charge in [-0.05, 0) is 0 Å². The molecule has 2 heterocycles. The molecular formula is C11H13NO4. The summed E-state index contributed by atoms with van der Waals surface area (Å²) in [5, 5.41) is 11.7. The van der Waals surface area contributed by atoms with E-state index in [4.69, 9.17) is 9.84 Å². The van der Waals surface area contributed by atoms with Gasteiger partial charge in [0.15, 0.2) is 0 Å². The topological polar surface area (TPSA) is 75.6 Å². The second-order valence-corrected chi connectivity index (χ2v) is 3.87. The van der Waals surface area contributed by atoms with Crippen molar-refractivity contribution < 1.29 is 19.4 Å². The van der Waals surface area contributed by atoms with Crippen molar-refractivity contribution in [2.45, 2.75) is 12.2 Å². The molecule has 5 nitrogen and oxygen atoms in total. The molecule has 2 aliphatic heterocycles. The van der Waals surface area contributed by atoms with Crippen LogP contribution in [0.5, 0.6) is 0 Å². The Morgan fingerprint density at radius 1 is 1.38 bits per heavy atom. The van der Waals surface area contributed by atoms with Gasteiger partial charge in [0.1, 0.15) is 5.92 Å². The zero-order valence-electron chi connectivity index (χ0n) is 8.63. The van der Waals surface area contributed by atoms with Gasteiger partial charge in [0.2, 0.25) is 5.91 Å². The van der Waals surface area contributed by atoms with E-state index in [1.807, 2.05) is 0 Å². The highest BCUT2D eigenvalue weighted by Gasteiger charge is 2.52. The van der Waals surface area contributed by atoms with Crippen molar-refractivity contribution in [1.29, 1.82) is 0 Å². The lowest BCUT2D eigenvalue weighted by molar-refractivity contribution is -0.146. The standard InChI is InChI=1S/C11H13NO4/c1-2-5-12-10(13)8-6-3-4-7(16-6)9(8)11(14)15/h2-4,6-9H,1,5H2,(H,12,13)(H,14,15)/t6-,7-,8-,9-/m0/s1. The number of carbonyl (C=O) groups excluding carboxylic acids is 1. The van der Waals surface area contributed by atoms with E-state index in [2.05, 4.69) is 11.9 Å². The Hall–Kier alpha value is -1.62. The van der Waals surface area contributed by atoms with Crippen LogP contribution in [0.25, 0.3) is 0 Å². The number of aliphatic carboxylic acids is 1. The maximum absolute atomic E-state index is 11.8. The maximum Gasteiger partial charge on any atom is 0.310 e. The van der Waals surface area contributed by atoms with E-state index in [0.29, 0.717) is 6.54 Å². The molecule has 2 aliphatic rings. The van der Waals surface area contributed by atoms with Crippen molar-refractivity contribution in [2.24, 2.45) is 11.8 Å². The molecule has 2 rings (SSSR count). The SMILES string of the molecule is C=CCNC(=O)[C@@H]1[C@@H](C(=O)O)[C@@H]2C=C[C@@H]1O2. The van der Waals surface area contributed by atoms with Gasteiger partial charge in [-0.3, -0.25) is 9.59 Å². The molecule has 0 saturated carbocycles. The van der Waals surface area contributed by atoms with Crippen LogP contribution in [0.15, 0.2) is 24.8 Å². The van der Waals surface area contributed by atoms with E-state index < -0.39 is 30.0 Å². The van der Waals surface area contributed by atoms with Gasteiger partial charge in [-0.2, -0.15) is 0 Å². The summed E-state index contributed by atoms with van der Waals surface area (Å²) >= 11 is 0. The van der Waals surface area contributed by atoms with Crippen LogP contribution in [0.1, 0.15) is 0 Å². The first-order valence-electron chi connectivity index (χ1n) is 5.10. The number of carbonyl (C=O) groups is 2. The number of rotatable bonds is 4. The summed E-state index contributed by atoms with van der Waals surface area (Å²) in [5.41, 5.74) is 0. The van der Waals surface area contributed by atoms with Crippen LogP contribution in [0.4, 0.5) is 0 Å². The fourth-order valence-electron chi connectivity index (χ4n) is 2.21. The minimum Gasteiger partial charge on any atom is -0.481 e. The Kier molecular flexibility index (Phi) is 2.78. The number of carboxylic acids is 1. The molecule has 0 unspecified atom stereocenters. The van der Waals surface area contributed by atoms with Gasteiger partial charge in [0.25, 0.3) is 0 Å². The molecule has 0 aromatic carbocycles. The second-order valence-electron chi connectivity index (χ2n) is 3.87. The fourth-order valence-corrected chi connectivity index (χ4v) is 2.21. The lowest BCUT2D eigenvalue weighted by Gasteiger charge is -2.20. The number of amides is 1. The lowest BCUT2D eigenvalue weighted by Crippen LogP contribution is -2.42. The molecule has 0 radical (unpaired) electrons. The molecule has 1 saturated heterocycles. The minimum absolute atomic E-state index is 0.288. The molecule has 4 atom stereocenters. The van der Waals surface area contributed by atoms with Crippen molar-refractivity contribution in [3.63, 3.8) is 0 Å². The summed E-state index contributed by atoms with van der Waals surface area (Å²) in [6.45, 7) is 3.82. The summed E-state index contributed by atoms with van der Waals surface area (Å²) in [6, 6.07) is 0. The van der Waals surface area contributed by atoms with Crippen molar-refractivity contribution in [3.05, 3.63) is 24.8 Å². The Morgan fingerprint density at radius 3 is 2.56 bits per heavy atom. The van der Waals surface area contributed by atoms with Crippen LogP contribution in [-0.4, -0.2) is 35.7 Å². The Labute approximate surface area is 92.8 Å². The van der Waals surface area contributed by atoms with Crippen LogP contribution < -0.4 is 5.32 Å². The van der Waals surface area contributed by atoms with E-state index >= 15 is 0 Å². The smallest absolute Gasteiger partial charge is 0.310 e. The molecule has 1 amide bonds. The van der Waals surface area contributed by atoms with E-state index in [-0.39, 0.29) is 5.91 Å². The number of nitrogens with one attached hydrogen (secondary N) is 1. The zero-order chi connectivity index (χ0) is 11.7. The molecule has 0 spiro atoms. The van der Waals surface area contributed by atoms with Crippen LogP contribution in [-0.2, 0) is 14.3 Å². The molecule has 2 N–H and O–H groups in total. The highest BCUT2D eigenvalue weighted by atomic mass is 16.5. The normalized spacial score (nSPS) is 35.0. The third kappa shape index (κ3) is 1.63. The molecule has 5 heteroatoms. The predicted octanol–water partition coefficient (Wildman–Crippen LogP) is -0.0572. The average molecular weight is 223 g/mol. The van der Waals surface area contributed by atoms with Crippen LogP contribution in [0.2, 0.25) is 0 Å². The molecular weight excluding hydrogens is 210 g/mol. The van der Waals surface area contributed by atoms with Gasteiger partial charge < -0.3 is 15.2 Å². The van der Waals surface area contributed by atoms with Crippen molar-refractivity contribution in [1.82, 2.24) is 5.32 Å². The van der Waals surface area contributed by atoms with Gasteiger partial charge in [0, 0.05) is 6.54 Å². The third-order valence-electron chi connectivity index (χ3n) is 2.91. The van der Waals surface area contributed by atoms with Gasteiger partial charge in [0.05, 0.1) is 18.1 Å².